The lowest BCUT2D eigenvalue weighted by Crippen LogP contribution is -2.05. The Morgan fingerprint density at radius 2 is 1.93 bits per heavy atom. The predicted molar refractivity (Wildman–Crippen MR) is 105 cm³/mol. The number of nitrogens with one attached hydrogen (secondary N) is 2. The Balaban J connectivity index is 1.71. The van der Waals surface area contributed by atoms with E-state index in [1.165, 1.54) is 6.20 Å². The van der Waals surface area contributed by atoms with Crippen molar-refractivity contribution in [2.75, 3.05) is 17.2 Å². The zero-order valence-corrected chi connectivity index (χ0v) is 15.6. The molecule has 0 spiro atoms. The topological polar surface area (TPSA) is 89.0 Å². The number of aromatic nitrogens is 3. The maximum Gasteiger partial charge on any atom is 0.338 e. The number of halogens is 1. The van der Waals surface area contributed by atoms with Gasteiger partial charge in [0, 0.05) is 16.4 Å². The first kappa shape index (κ1) is 18.6. The third-order valence-electron chi connectivity index (χ3n) is 3.66. The minimum atomic E-state index is -0.355. The summed E-state index contributed by atoms with van der Waals surface area (Å²) in [6, 6.07) is 12.4. The van der Waals surface area contributed by atoms with E-state index in [0.29, 0.717) is 29.0 Å². The number of carbonyl (C=O) groups is 1. The van der Waals surface area contributed by atoms with Gasteiger partial charge in [-0.15, -0.1) is 5.10 Å². The predicted octanol–water partition coefficient (Wildman–Crippen LogP) is 4.50. The van der Waals surface area contributed by atoms with Crippen LogP contribution in [0.3, 0.4) is 0 Å². The largest absolute Gasteiger partial charge is 0.462 e. The molecule has 0 saturated heterocycles. The highest BCUT2D eigenvalue weighted by Gasteiger charge is 2.07. The minimum Gasteiger partial charge on any atom is -0.462 e. The van der Waals surface area contributed by atoms with Crippen LogP contribution < -0.4 is 10.6 Å². The van der Waals surface area contributed by atoms with Gasteiger partial charge in [-0.25, -0.2) is 4.79 Å². The lowest BCUT2D eigenvalue weighted by molar-refractivity contribution is 0.0526. The normalized spacial score (nSPS) is 10.3. The summed E-state index contributed by atoms with van der Waals surface area (Å²) in [6.45, 7) is 4.06. The summed E-state index contributed by atoms with van der Waals surface area (Å²) >= 11 is 5.98. The second kappa shape index (κ2) is 8.46. The Kier molecular flexibility index (Phi) is 5.83. The number of hydrogen-bond donors (Lipinski definition) is 2. The fraction of sp³-hybridized carbons (Fsp3) is 0.158. The van der Waals surface area contributed by atoms with Gasteiger partial charge < -0.3 is 15.4 Å². The molecule has 0 amide bonds. The SMILES string of the molecule is CCOC(=O)c1ccc(Nc2nncc(Nc3ccc(Cl)cc3C)n2)cc1. The van der Waals surface area contributed by atoms with Crippen molar-refractivity contribution >= 4 is 40.7 Å². The van der Waals surface area contributed by atoms with E-state index in [2.05, 4.69) is 25.8 Å². The second-order valence-electron chi connectivity index (χ2n) is 5.67. The Morgan fingerprint density at radius 1 is 1.15 bits per heavy atom. The molecular weight excluding hydrogens is 366 g/mol. The van der Waals surface area contributed by atoms with E-state index in [4.69, 9.17) is 16.3 Å². The maximum atomic E-state index is 11.7. The van der Waals surface area contributed by atoms with E-state index < -0.39 is 0 Å². The van der Waals surface area contributed by atoms with Crippen molar-refractivity contribution in [2.45, 2.75) is 13.8 Å². The average Bonchev–Trinajstić information content (AvgIpc) is 2.65. The van der Waals surface area contributed by atoms with Crippen molar-refractivity contribution in [3.63, 3.8) is 0 Å². The zero-order valence-electron chi connectivity index (χ0n) is 14.9. The molecule has 0 unspecified atom stereocenters. The van der Waals surface area contributed by atoms with Crippen LogP contribution in [-0.2, 0) is 4.74 Å². The van der Waals surface area contributed by atoms with Gasteiger partial charge >= 0.3 is 5.97 Å². The van der Waals surface area contributed by atoms with Gasteiger partial charge in [-0.05, 0) is 61.9 Å². The van der Waals surface area contributed by atoms with Gasteiger partial charge in [-0.3, -0.25) is 0 Å². The van der Waals surface area contributed by atoms with Crippen molar-refractivity contribution in [1.82, 2.24) is 15.2 Å². The van der Waals surface area contributed by atoms with Gasteiger partial charge in [0.25, 0.3) is 0 Å². The van der Waals surface area contributed by atoms with Gasteiger partial charge in [0.15, 0.2) is 5.82 Å². The highest BCUT2D eigenvalue weighted by molar-refractivity contribution is 6.30. The van der Waals surface area contributed by atoms with Crippen LogP contribution in [0.1, 0.15) is 22.8 Å². The monoisotopic (exact) mass is 383 g/mol. The third kappa shape index (κ3) is 4.92. The molecule has 3 rings (SSSR count). The van der Waals surface area contributed by atoms with Crippen LogP contribution in [0.25, 0.3) is 0 Å². The van der Waals surface area contributed by atoms with Crippen molar-refractivity contribution in [1.29, 1.82) is 0 Å². The number of rotatable bonds is 6. The highest BCUT2D eigenvalue weighted by atomic mass is 35.5. The standard InChI is InChI=1S/C19H18ClN5O2/c1-3-27-18(26)13-4-7-15(8-5-13)22-19-24-17(11-21-25-19)23-16-9-6-14(20)10-12(16)2/h4-11H,3H2,1-2H3,(H2,22,23,24,25). The van der Waals surface area contributed by atoms with Gasteiger partial charge in [-0.1, -0.05) is 11.6 Å². The molecule has 1 aromatic heterocycles. The quantitative estimate of drug-likeness (QED) is 0.606. The van der Waals surface area contributed by atoms with Crippen LogP contribution in [0.2, 0.25) is 5.02 Å². The van der Waals surface area contributed by atoms with E-state index >= 15 is 0 Å². The van der Waals surface area contributed by atoms with Crippen LogP contribution >= 0.6 is 11.6 Å². The van der Waals surface area contributed by atoms with Crippen LogP contribution in [0, 0.1) is 6.92 Å². The second-order valence-corrected chi connectivity index (χ2v) is 6.11. The minimum absolute atomic E-state index is 0.329. The van der Waals surface area contributed by atoms with E-state index in [1.807, 2.05) is 19.1 Å². The summed E-state index contributed by atoms with van der Waals surface area (Å²) in [4.78, 5) is 16.1. The van der Waals surface area contributed by atoms with Crippen LogP contribution in [0.4, 0.5) is 23.1 Å². The molecule has 0 radical (unpaired) electrons. The van der Waals surface area contributed by atoms with E-state index in [0.717, 1.165) is 16.9 Å². The summed E-state index contributed by atoms with van der Waals surface area (Å²) in [5.74, 6) is 0.517. The highest BCUT2D eigenvalue weighted by Crippen LogP contribution is 2.23. The number of hydrogen-bond acceptors (Lipinski definition) is 7. The Labute approximate surface area is 161 Å². The van der Waals surface area contributed by atoms with Gasteiger partial charge in [0.1, 0.15) is 0 Å². The molecule has 8 heteroatoms. The molecule has 0 aliphatic rings. The molecule has 0 bridgehead atoms. The summed E-state index contributed by atoms with van der Waals surface area (Å²) < 4.78 is 4.96. The fourth-order valence-electron chi connectivity index (χ4n) is 2.36. The smallest absolute Gasteiger partial charge is 0.338 e. The number of carbonyl (C=O) groups excluding carboxylic acids is 1. The molecule has 138 valence electrons. The first-order valence-electron chi connectivity index (χ1n) is 8.32. The first-order chi connectivity index (χ1) is 13.0. The van der Waals surface area contributed by atoms with E-state index in [9.17, 15) is 4.79 Å². The summed E-state index contributed by atoms with van der Waals surface area (Å²) in [7, 11) is 0. The lowest BCUT2D eigenvalue weighted by atomic mass is 10.2. The molecule has 0 saturated carbocycles. The number of anilines is 4. The van der Waals surface area contributed by atoms with Crippen molar-refractivity contribution in [3.05, 3.63) is 64.8 Å². The average molecular weight is 384 g/mol. The van der Waals surface area contributed by atoms with Crippen molar-refractivity contribution in [3.8, 4) is 0 Å². The third-order valence-corrected chi connectivity index (χ3v) is 3.90. The number of benzene rings is 2. The number of esters is 1. The molecule has 3 aromatic rings. The molecule has 7 nitrogen and oxygen atoms in total. The zero-order chi connectivity index (χ0) is 19.2. The fourth-order valence-corrected chi connectivity index (χ4v) is 2.58. The Morgan fingerprint density at radius 3 is 2.63 bits per heavy atom. The Bertz CT molecular complexity index is 947. The Hall–Kier alpha value is -3.19. The number of nitrogens with zero attached hydrogens (tertiary/aromatic N) is 3. The van der Waals surface area contributed by atoms with Crippen LogP contribution in [-0.4, -0.2) is 27.8 Å². The molecule has 0 fully saturated rings. The summed E-state index contributed by atoms with van der Waals surface area (Å²) in [5, 5.41) is 14.8. The van der Waals surface area contributed by atoms with E-state index in [1.54, 1.807) is 37.3 Å². The molecule has 1 heterocycles. The number of aryl methyl sites for hydroxylation is 1. The summed E-state index contributed by atoms with van der Waals surface area (Å²) in [6.07, 6.45) is 1.53. The molecule has 2 N–H and O–H groups in total. The van der Waals surface area contributed by atoms with Gasteiger partial charge in [-0.2, -0.15) is 10.1 Å². The molecular formula is C19H18ClN5O2. The lowest BCUT2D eigenvalue weighted by Gasteiger charge is -2.10. The summed E-state index contributed by atoms with van der Waals surface area (Å²) in [5.41, 5.74) is 3.08. The molecule has 0 aliphatic carbocycles. The molecule has 0 atom stereocenters. The van der Waals surface area contributed by atoms with Crippen molar-refractivity contribution < 1.29 is 9.53 Å². The van der Waals surface area contributed by atoms with Gasteiger partial charge in [0.2, 0.25) is 5.95 Å². The van der Waals surface area contributed by atoms with E-state index in [-0.39, 0.29) is 5.97 Å². The van der Waals surface area contributed by atoms with Gasteiger partial charge in [0.05, 0.1) is 18.4 Å². The van der Waals surface area contributed by atoms with Crippen molar-refractivity contribution in [2.24, 2.45) is 0 Å². The molecule has 0 aliphatic heterocycles. The molecule has 27 heavy (non-hydrogen) atoms. The van der Waals surface area contributed by atoms with Crippen LogP contribution in [0.5, 0.6) is 0 Å². The molecule has 2 aromatic carbocycles. The maximum absolute atomic E-state index is 11.7. The first-order valence-corrected chi connectivity index (χ1v) is 8.70. The number of ether oxygens (including phenoxy) is 1. The van der Waals surface area contributed by atoms with Crippen LogP contribution in [0.15, 0.2) is 48.7 Å².